The highest BCUT2D eigenvalue weighted by Crippen LogP contribution is 2.60. The molecule has 0 aromatic heterocycles. The first kappa shape index (κ1) is 23.0. The summed E-state index contributed by atoms with van der Waals surface area (Å²) in [5.41, 5.74) is 0.252. The number of rotatable bonds is 8. The van der Waals surface area contributed by atoms with E-state index in [2.05, 4.69) is 12.2 Å². The lowest BCUT2D eigenvalue weighted by atomic mass is 9.73. The fourth-order valence-corrected chi connectivity index (χ4v) is 5.43. The van der Waals surface area contributed by atoms with Crippen molar-refractivity contribution in [2.75, 3.05) is 13.2 Å². The number of fused-ring (bicyclic) bond motifs is 1. The quantitative estimate of drug-likeness (QED) is 0.624. The van der Waals surface area contributed by atoms with E-state index in [1.54, 1.807) is 31.2 Å². The number of carbonyl (C=O) groups is 3. The van der Waals surface area contributed by atoms with E-state index in [0.29, 0.717) is 18.7 Å². The molecule has 1 saturated heterocycles. The van der Waals surface area contributed by atoms with Crippen molar-refractivity contribution >= 4 is 17.8 Å². The number of hydrogen-bond donors (Lipinski definition) is 1. The molecular weight excluding hydrogens is 416 g/mol. The zero-order valence-corrected chi connectivity index (χ0v) is 19.5. The molecule has 2 aliphatic rings. The van der Waals surface area contributed by atoms with Crippen molar-refractivity contribution in [2.45, 2.75) is 51.1 Å². The van der Waals surface area contributed by atoms with Gasteiger partial charge in [-0.05, 0) is 38.0 Å². The Morgan fingerprint density at radius 2 is 1.67 bits per heavy atom. The van der Waals surface area contributed by atoms with Crippen molar-refractivity contribution in [2.24, 2.45) is 11.8 Å². The van der Waals surface area contributed by atoms with Gasteiger partial charge in [0.2, 0.25) is 5.91 Å². The molecule has 2 aromatic carbocycles. The van der Waals surface area contributed by atoms with Gasteiger partial charge in [0.15, 0.2) is 0 Å². The zero-order chi connectivity index (χ0) is 23.6. The maximum atomic E-state index is 14.0. The van der Waals surface area contributed by atoms with Gasteiger partial charge in [-0.1, -0.05) is 61.9 Å². The van der Waals surface area contributed by atoms with Crippen LogP contribution in [0.2, 0.25) is 0 Å². The van der Waals surface area contributed by atoms with Gasteiger partial charge in [-0.15, -0.1) is 0 Å². The summed E-state index contributed by atoms with van der Waals surface area (Å²) in [7, 11) is 0. The first-order valence-corrected chi connectivity index (χ1v) is 11.8. The molecule has 1 aliphatic heterocycles. The average molecular weight is 449 g/mol. The Kier molecular flexibility index (Phi) is 6.54. The Labute approximate surface area is 195 Å². The van der Waals surface area contributed by atoms with E-state index in [1.807, 2.05) is 48.2 Å². The molecule has 6 nitrogen and oxygen atoms in total. The molecule has 2 fully saturated rings. The minimum atomic E-state index is -1.19. The van der Waals surface area contributed by atoms with Crippen LogP contribution in [0.3, 0.4) is 0 Å². The van der Waals surface area contributed by atoms with Crippen LogP contribution in [-0.2, 0) is 14.3 Å². The lowest BCUT2D eigenvalue weighted by Gasteiger charge is -2.45. The molecule has 1 aliphatic carbocycles. The second-order valence-corrected chi connectivity index (χ2v) is 9.11. The molecule has 5 atom stereocenters. The van der Waals surface area contributed by atoms with E-state index in [4.69, 9.17) is 4.74 Å². The van der Waals surface area contributed by atoms with Crippen LogP contribution in [0.5, 0.6) is 0 Å². The summed E-state index contributed by atoms with van der Waals surface area (Å²) in [4.78, 5) is 42.0. The maximum Gasteiger partial charge on any atom is 0.311 e. The van der Waals surface area contributed by atoms with Crippen molar-refractivity contribution in [3.8, 4) is 0 Å². The third-order valence-electron chi connectivity index (χ3n) is 6.99. The Morgan fingerprint density at radius 1 is 1.03 bits per heavy atom. The van der Waals surface area contributed by atoms with Gasteiger partial charge in [0.1, 0.15) is 5.54 Å². The number of amides is 2. The first-order valence-electron chi connectivity index (χ1n) is 11.8. The lowest BCUT2D eigenvalue weighted by molar-refractivity contribution is -0.145. The minimum Gasteiger partial charge on any atom is -0.466 e. The standard InChI is InChI=1S/C27H32N2O4/c1-4-6-17-29-23-20(21(23)25(31)33-5-2)22(18-13-9-7-10-14-18)27(3,26(29)32)28-24(30)19-15-11-8-12-16-19/h7-16,20-23H,4-6,17H2,1-3H3,(H,28,30)/t20-,21-,22+,23+,27-/m1/s1. The number of nitrogens with zero attached hydrogens (tertiary/aromatic N) is 1. The van der Waals surface area contributed by atoms with Gasteiger partial charge in [0.25, 0.3) is 5.91 Å². The number of unbranched alkanes of at least 4 members (excludes halogenated alkanes) is 1. The van der Waals surface area contributed by atoms with E-state index >= 15 is 0 Å². The minimum absolute atomic E-state index is 0.109. The number of nitrogens with one attached hydrogen (secondary N) is 1. The largest absolute Gasteiger partial charge is 0.466 e. The van der Waals surface area contributed by atoms with Gasteiger partial charge >= 0.3 is 5.97 Å². The van der Waals surface area contributed by atoms with Crippen LogP contribution in [0, 0.1) is 11.8 Å². The summed E-state index contributed by atoms with van der Waals surface area (Å²) in [6.45, 7) is 6.54. The summed E-state index contributed by atoms with van der Waals surface area (Å²) < 4.78 is 5.38. The summed E-state index contributed by atoms with van der Waals surface area (Å²) >= 11 is 0. The zero-order valence-electron chi connectivity index (χ0n) is 19.5. The fraction of sp³-hybridized carbons (Fsp3) is 0.444. The van der Waals surface area contributed by atoms with Crippen LogP contribution in [0.25, 0.3) is 0 Å². The number of benzene rings is 2. The van der Waals surface area contributed by atoms with Gasteiger partial charge in [-0.25, -0.2) is 0 Å². The molecule has 0 spiro atoms. The normalized spacial score (nSPS) is 28.1. The number of esters is 1. The third-order valence-corrected chi connectivity index (χ3v) is 6.99. The fourth-order valence-electron chi connectivity index (χ4n) is 5.43. The van der Waals surface area contributed by atoms with Gasteiger partial charge in [-0.3, -0.25) is 14.4 Å². The van der Waals surface area contributed by atoms with Crippen molar-refractivity contribution in [1.29, 1.82) is 0 Å². The molecule has 0 unspecified atom stereocenters. The molecule has 1 heterocycles. The number of piperidine rings is 1. The highest BCUT2D eigenvalue weighted by atomic mass is 16.5. The van der Waals surface area contributed by atoms with E-state index in [0.717, 1.165) is 18.4 Å². The molecule has 6 heteroatoms. The van der Waals surface area contributed by atoms with Crippen molar-refractivity contribution in [3.63, 3.8) is 0 Å². The Hall–Kier alpha value is -3.15. The molecule has 33 heavy (non-hydrogen) atoms. The Bertz CT molecular complexity index is 1010. The third kappa shape index (κ3) is 4.14. The molecule has 174 valence electrons. The topological polar surface area (TPSA) is 75.7 Å². The number of ether oxygens (including phenoxy) is 1. The number of hydrogen-bond acceptors (Lipinski definition) is 4. The van der Waals surface area contributed by atoms with Gasteiger partial charge in [0, 0.05) is 30.0 Å². The van der Waals surface area contributed by atoms with Crippen molar-refractivity contribution in [3.05, 3.63) is 71.8 Å². The smallest absolute Gasteiger partial charge is 0.311 e. The molecule has 2 amide bonds. The van der Waals surface area contributed by atoms with E-state index < -0.39 is 5.54 Å². The van der Waals surface area contributed by atoms with Crippen LogP contribution >= 0.6 is 0 Å². The molecule has 0 radical (unpaired) electrons. The second-order valence-electron chi connectivity index (χ2n) is 9.11. The molecule has 1 N–H and O–H groups in total. The average Bonchev–Trinajstić information content (AvgIpc) is 3.55. The Balaban J connectivity index is 1.77. The molecule has 1 saturated carbocycles. The molecule has 0 bridgehead atoms. The van der Waals surface area contributed by atoms with Crippen LogP contribution in [0.4, 0.5) is 0 Å². The first-order chi connectivity index (χ1) is 15.9. The van der Waals surface area contributed by atoms with E-state index in [-0.39, 0.29) is 41.6 Å². The van der Waals surface area contributed by atoms with Crippen LogP contribution in [0.1, 0.15) is 55.5 Å². The van der Waals surface area contributed by atoms with Gasteiger partial charge < -0.3 is 15.0 Å². The predicted octanol–water partition coefficient (Wildman–Crippen LogP) is 3.78. The molecule has 2 aromatic rings. The highest BCUT2D eigenvalue weighted by molar-refractivity contribution is 6.01. The SMILES string of the molecule is CCCCN1C(=O)[C@](C)(NC(=O)c2ccccc2)[C@@H](c2ccccc2)[C@H]2[C@@H](C(=O)OCC)[C@H]21. The van der Waals surface area contributed by atoms with Gasteiger partial charge in [0.05, 0.1) is 12.5 Å². The number of likely N-dealkylation sites (tertiary alicyclic amines) is 1. The summed E-state index contributed by atoms with van der Waals surface area (Å²) in [5, 5.41) is 3.08. The molecular formula is C27H32N2O4. The number of carbonyl (C=O) groups excluding carboxylic acids is 3. The monoisotopic (exact) mass is 448 g/mol. The maximum absolute atomic E-state index is 14.0. The summed E-state index contributed by atoms with van der Waals surface area (Å²) in [6, 6.07) is 18.5. The van der Waals surface area contributed by atoms with Crippen molar-refractivity contribution in [1.82, 2.24) is 10.2 Å². The van der Waals surface area contributed by atoms with E-state index in [1.165, 1.54) is 0 Å². The Morgan fingerprint density at radius 3 is 2.27 bits per heavy atom. The van der Waals surface area contributed by atoms with Gasteiger partial charge in [-0.2, -0.15) is 0 Å². The second kappa shape index (κ2) is 9.38. The predicted molar refractivity (Wildman–Crippen MR) is 126 cm³/mol. The van der Waals surface area contributed by atoms with Crippen LogP contribution in [-0.4, -0.2) is 47.4 Å². The van der Waals surface area contributed by atoms with Crippen LogP contribution < -0.4 is 5.32 Å². The summed E-state index contributed by atoms with van der Waals surface area (Å²) in [6.07, 6.45) is 1.77. The molecule has 4 rings (SSSR count). The van der Waals surface area contributed by atoms with E-state index in [9.17, 15) is 14.4 Å². The lowest BCUT2D eigenvalue weighted by Crippen LogP contribution is -2.65. The highest BCUT2D eigenvalue weighted by Gasteiger charge is 2.71. The van der Waals surface area contributed by atoms with Crippen LogP contribution in [0.15, 0.2) is 60.7 Å². The van der Waals surface area contributed by atoms with Crippen molar-refractivity contribution < 1.29 is 19.1 Å². The summed E-state index contributed by atoms with van der Waals surface area (Å²) in [5.74, 6) is -1.53.